The highest BCUT2D eigenvalue weighted by molar-refractivity contribution is 5.69. The molecule has 4 aliphatic rings. The van der Waals surface area contributed by atoms with E-state index in [1.807, 2.05) is 30.3 Å². The Morgan fingerprint density at radius 1 is 1.03 bits per heavy atom. The molecule has 0 amide bonds. The van der Waals surface area contributed by atoms with Crippen molar-refractivity contribution >= 4 is 5.97 Å². The summed E-state index contributed by atoms with van der Waals surface area (Å²) >= 11 is 0. The summed E-state index contributed by atoms with van der Waals surface area (Å²) in [6.07, 6.45) is 9.69. The number of hydrogen-bond donors (Lipinski definition) is 2. The van der Waals surface area contributed by atoms with Crippen LogP contribution in [0, 0.1) is 46.3 Å². The SMILES string of the molecule is C[C@H](CCC(=O)OCc1ccccc1)[C@H]1CC[C@H]2[C@@H]3CC[C@@H]4C[C@H](O)CC[C@]4(C)[C@H]3C[C@H](O)[C@]12C. The fourth-order valence-corrected chi connectivity index (χ4v) is 9.52. The van der Waals surface area contributed by atoms with Gasteiger partial charge in [-0.05, 0) is 110 Å². The zero-order chi connectivity index (χ0) is 24.8. The van der Waals surface area contributed by atoms with Crippen molar-refractivity contribution in [3.8, 4) is 0 Å². The van der Waals surface area contributed by atoms with Crippen LogP contribution in [0.4, 0.5) is 0 Å². The number of aliphatic hydroxyl groups excluding tert-OH is 2. The largest absolute Gasteiger partial charge is 0.461 e. The number of rotatable bonds is 6. The van der Waals surface area contributed by atoms with Crippen LogP contribution in [-0.4, -0.2) is 28.4 Å². The normalized spacial score (nSPS) is 43.5. The Labute approximate surface area is 211 Å². The van der Waals surface area contributed by atoms with Gasteiger partial charge < -0.3 is 14.9 Å². The van der Waals surface area contributed by atoms with Crippen LogP contribution >= 0.6 is 0 Å². The summed E-state index contributed by atoms with van der Waals surface area (Å²) in [5, 5.41) is 22.0. The molecule has 4 aliphatic carbocycles. The van der Waals surface area contributed by atoms with Crippen LogP contribution in [0.1, 0.15) is 90.5 Å². The highest BCUT2D eigenvalue weighted by Crippen LogP contribution is 2.68. The molecule has 0 heterocycles. The van der Waals surface area contributed by atoms with Crippen LogP contribution < -0.4 is 0 Å². The predicted octanol–water partition coefficient (Wildman–Crippen LogP) is 6.14. The van der Waals surface area contributed by atoms with Gasteiger partial charge in [0.2, 0.25) is 0 Å². The molecule has 2 N–H and O–H groups in total. The lowest BCUT2D eigenvalue weighted by molar-refractivity contribution is -0.175. The van der Waals surface area contributed by atoms with Gasteiger partial charge in [-0.25, -0.2) is 0 Å². The number of fused-ring (bicyclic) bond motifs is 5. The van der Waals surface area contributed by atoms with Crippen molar-refractivity contribution in [2.45, 2.75) is 104 Å². The third kappa shape index (κ3) is 4.48. The minimum atomic E-state index is -0.267. The number of esters is 1. The van der Waals surface area contributed by atoms with Crippen molar-refractivity contribution in [1.29, 1.82) is 0 Å². The van der Waals surface area contributed by atoms with Gasteiger partial charge >= 0.3 is 5.97 Å². The Hall–Kier alpha value is -1.39. The first kappa shape index (κ1) is 25.3. The third-order valence-electron chi connectivity index (χ3n) is 11.5. The molecular weight excluding hydrogens is 436 g/mol. The number of carbonyl (C=O) groups is 1. The van der Waals surface area contributed by atoms with Gasteiger partial charge in [0.15, 0.2) is 0 Å². The molecule has 0 unspecified atom stereocenters. The van der Waals surface area contributed by atoms with Crippen LogP contribution in [0.15, 0.2) is 30.3 Å². The number of hydrogen-bond acceptors (Lipinski definition) is 4. The van der Waals surface area contributed by atoms with Crippen LogP contribution in [0.2, 0.25) is 0 Å². The maximum atomic E-state index is 12.5. The molecule has 194 valence electrons. The highest BCUT2D eigenvalue weighted by Gasteiger charge is 2.63. The first-order chi connectivity index (χ1) is 16.7. The van der Waals surface area contributed by atoms with Crippen LogP contribution in [0.25, 0.3) is 0 Å². The summed E-state index contributed by atoms with van der Waals surface area (Å²) in [6.45, 7) is 7.49. The average Bonchev–Trinajstić information content (AvgIpc) is 3.22. The van der Waals surface area contributed by atoms with Crippen LogP contribution in [0.5, 0.6) is 0 Å². The fraction of sp³-hybridized carbons (Fsp3) is 0.774. The molecule has 1 aromatic carbocycles. The van der Waals surface area contributed by atoms with Crippen molar-refractivity contribution in [3.05, 3.63) is 35.9 Å². The van der Waals surface area contributed by atoms with E-state index in [9.17, 15) is 15.0 Å². The quantitative estimate of drug-likeness (QED) is 0.478. The minimum absolute atomic E-state index is 0.0497. The Bertz CT molecular complexity index is 885. The Balaban J connectivity index is 1.22. The van der Waals surface area contributed by atoms with E-state index in [1.54, 1.807) is 0 Å². The van der Waals surface area contributed by atoms with Crippen molar-refractivity contribution in [2.24, 2.45) is 46.3 Å². The first-order valence-corrected chi connectivity index (χ1v) is 14.3. The molecule has 0 saturated heterocycles. The van der Waals surface area contributed by atoms with E-state index < -0.39 is 0 Å². The molecule has 5 rings (SSSR count). The molecule has 4 fully saturated rings. The molecular formula is C31H46O4. The van der Waals surface area contributed by atoms with E-state index in [-0.39, 0.29) is 29.0 Å². The summed E-state index contributed by atoms with van der Waals surface area (Å²) in [4.78, 5) is 12.5. The second-order valence-electron chi connectivity index (χ2n) is 13.0. The van der Waals surface area contributed by atoms with E-state index in [1.165, 1.54) is 25.7 Å². The molecule has 0 bridgehead atoms. The van der Waals surface area contributed by atoms with Crippen molar-refractivity contribution in [2.75, 3.05) is 0 Å². The lowest BCUT2D eigenvalue weighted by Gasteiger charge is -2.62. The van der Waals surface area contributed by atoms with E-state index in [0.29, 0.717) is 48.5 Å². The molecule has 10 atom stereocenters. The molecule has 0 radical (unpaired) electrons. The average molecular weight is 483 g/mol. The third-order valence-corrected chi connectivity index (χ3v) is 11.5. The topological polar surface area (TPSA) is 66.8 Å². The van der Waals surface area contributed by atoms with Crippen LogP contribution in [0.3, 0.4) is 0 Å². The van der Waals surface area contributed by atoms with Gasteiger partial charge in [0.25, 0.3) is 0 Å². The molecule has 0 spiro atoms. The number of aliphatic hydroxyl groups is 2. The molecule has 4 nitrogen and oxygen atoms in total. The first-order valence-electron chi connectivity index (χ1n) is 14.3. The second-order valence-corrected chi connectivity index (χ2v) is 13.0. The van der Waals surface area contributed by atoms with Gasteiger partial charge in [-0.2, -0.15) is 0 Å². The van der Waals surface area contributed by atoms with Gasteiger partial charge in [-0.15, -0.1) is 0 Å². The molecule has 4 saturated carbocycles. The second kappa shape index (κ2) is 9.82. The Kier molecular flexibility index (Phi) is 7.09. The number of carbonyl (C=O) groups excluding carboxylic acids is 1. The predicted molar refractivity (Wildman–Crippen MR) is 137 cm³/mol. The van der Waals surface area contributed by atoms with Gasteiger partial charge in [-0.1, -0.05) is 51.1 Å². The number of benzene rings is 1. The summed E-state index contributed by atoms with van der Waals surface area (Å²) in [6, 6.07) is 9.86. The van der Waals surface area contributed by atoms with Crippen molar-refractivity contribution in [1.82, 2.24) is 0 Å². The maximum Gasteiger partial charge on any atom is 0.306 e. The van der Waals surface area contributed by atoms with Crippen molar-refractivity contribution < 1.29 is 19.7 Å². The van der Waals surface area contributed by atoms with Gasteiger partial charge in [0.05, 0.1) is 12.2 Å². The van der Waals surface area contributed by atoms with Gasteiger partial charge in [0, 0.05) is 6.42 Å². The Morgan fingerprint density at radius 3 is 2.57 bits per heavy atom. The molecule has 35 heavy (non-hydrogen) atoms. The highest BCUT2D eigenvalue weighted by atomic mass is 16.5. The summed E-state index contributed by atoms with van der Waals surface area (Å²) < 4.78 is 5.53. The van der Waals surface area contributed by atoms with E-state index in [2.05, 4.69) is 20.8 Å². The van der Waals surface area contributed by atoms with Crippen molar-refractivity contribution in [3.63, 3.8) is 0 Å². The monoisotopic (exact) mass is 482 g/mol. The smallest absolute Gasteiger partial charge is 0.306 e. The summed E-state index contributed by atoms with van der Waals surface area (Å²) in [5.74, 6) is 3.23. The summed E-state index contributed by atoms with van der Waals surface area (Å²) in [7, 11) is 0. The van der Waals surface area contributed by atoms with E-state index >= 15 is 0 Å². The molecule has 0 aromatic heterocycles. The molecule has 4 heteroatoms. The standard InChI is InChI=1S/C31H46O4/c1-20(9-14-29(34)35-19-21-7-5-4-6-8-21)25-12-13-26-24-11-10-22-17-23(32)15-16-30(22,2)27(24)18-28(33)31(25,26)3/h4-8,20,22-28,32-33H,9-19H2,1-3H3/t20-,22-,23-,24+,25-,26+,27+,28+,30+,31-/m1/s1. The molecule has 0 aliphatic heterocycles. The van der Waals surface area contributed by atoms with E-state index in [0.717, 1.165) is 37.7 Å². The maximum absolute atomic E-state index is 12.5. The van der Waals surface area contributed by atoms with E-state index in [4.69, 9.17) is 4.74 Å². The minimum Gasteiger partial charge on any atom is -0.461 e. The lowest BCUT2D eigenvalue weighted by Crippen LogP contribution is -2.58. The number of ether oxygens (including phenoxy) is 1. The summed E-state index contributed by atoms with van der Waals surface area (Å²) in [5.41, 5.74) is 1.25. The zero-order valence-corrected chi connectivity index (χ0v) is 22.0. The van der Waals surface area contributed by atoms with Crippen LogP contribution in [-0.2, 0) is 16.1 Å². The fourth-order valence-electron chi connectivity index (χ4n) is 9.52. The van der Waals surface area contributed by atoms with Gasteiger partial charge in [0.1, 0.15) is 6.61 Å². The molecule has 1 aromatic rings. The zero-order valence-electron chi connectivity index (χ0n) is 22.0. The lowest BCUT2D eigenvalue weighted by atomic mass is 9.43. The van der Waals surface area contributed by atoms with Gasteiger partial charge in [-0.3, -0.25) is 4.79 Å². The Morgan fingerprint density at radius 2 is 1.80 bits per heavy atom.